The second kappa shape index (κ2) is 5.74. The molecular weight excluding hydrogens is 327 g/mol. The molecule has 0 aliphatic carbocycles. The van der Waals surface area contributed by atoms with Crippen LogP contribution >= 0.6 is 11.6 Å². The Hall–Kier alpha value is -2.27. The molecular formula is C17H11ClF3NO. The Morgan fingerprint density at radius 2 is 1.87 bits per heavy atom. The van der Waals surface area contributed by atoms with E-state index in [0.717, 1.165) is 23.3 Å². The van der Waals surface area contributed by atoms with E-state index >= 15 is 0 Å². The molecule has 0 radical (unpaired) electrons. The van der Waals surface area contributed by atoms with Gasteiger partial charge in [0.05, 0.1) is 5.56 Å². The minimum absolute atomic E-state index is 0.0501. The Labute approximate surface area is 135 Å². The molecule has 23 heavy (non-hydrogen) atoms. The van der Waals surface area contributed by atoms with Crippen molar-refractivity contribution in [3.63, 3.8) is 0 Å². The third kappa shape index (κ3) is 3.10. The van der Waals surface area contributed by atoms with E-state index in [1.54, 1.807) is 35.0 Å². The maximum absolute atomic E-state index is 13.2. The molecule has 118 valence electrons. The second-order valence-electron chi connectivity index (χ2n) is 5.18. The van der Waals surface area contributed by atoms with Crippen molar-refractivity contribution in [2.75, 3.05) is 0 Å². The topological polar surface area (TPSA) is 22.0 Å². The first kappa shape index (κ1) is 15.6. The number of aldehydes is 1. The second-order valence-corrected chi connectivity index (χ2v) is 5.62. The average Bonchev–Trinajstić information content (AvgIpc) is 2.90. The summed E-state index contributed by atoms with van der Waals surface area (Å²) >= 11 is 5.69. The number of nitrogens with zero attached hydrogens (tertiary/aromatic N) is 1. The van der Waals surface area contributed by atoms with Crippen molar-refractivity contribution >= 4 is 28.8 Å². The van der Waals surface area contributed by atoms with Crippen LogP contribution < -0.4 is 0 Å². The van der Waals surface area contributed by atoms with E-state index in [4.69, 9.17) is 11.6 Å². The van der Waals surface area contributed by atoms with Crippen molar-refractivity contribution < 1.29 is 18.0 Å². The van der Waals surface area contributed by atoms with Crippen LogP contribution in [-0.2, 0) is 12.7 Å². The Balaban J connectivity index is 2.04. The highest BCUT2D eigenvalue weighted by molar-refractivity contribution is 6.30. The summed E-state index contributed by atoms with van der Waals surface area (Å²) < 4.78 is 41.2. The molecule has 0 N–H and O–H groups in total. The number of aromatic nitrogens is 1. The monoisotopic (exact) mass is 337 g/mol. The van der Waals surface area contributed by atoms with E-state index in [9.17, 15) is 18.0 Å². The molecule has 0 saturated carbocycles. The molecule has 0 aliphatic rings. The molecule has 0 amide bonds. The van der Waals surface area contributed by atoms with Crippen LogP contribution in [0.4, 0.5) is 13.2 Å². The van der Waals surface area contributed by atoms with Gasteiger partial charge in [-0.15, -0.1) is 0 Å². The van der Waals surface area contributed by atoms with E-state index in [2.05, 4.69) is 0 Å². The SMILES string of the molecule is O=Cc1ccc2c(ccn2Cc2ccc(Cl)cc2C(F)(F)F)c1. The van der Waals surface area contributed by atoms with E-state index in [1.807, 2.05) is 0 Å². The summed E-state index contributed by atoms with van der Waals surface area (Å²) in [7, 11) is 0. The summed E-state index contributed by atoms with van der Waals surface area (Å²) in [4.78, 5) is 10.8. The van der Waals surface area contributed by atoms with Gasteiger partial charge in [-0.3, -0.25) is 4.79 Å². The fraction of sp³-hybridized carbons (Fsp3) is 0.118. The van der Waals surface area contributed by atoms with Gasteiger partial charge in [0.2, 0.25) is 0 Å². The molecule has 1 aromatic heterocycles. The highest BCUT2D eigenvalue weighted by Crippen LogP contribution is 2.34. The van der Waals surface area contributed by atoms with Gasteiger partial charge in [0.15, 0.2) is 0 Å². The molecule has 0 bridgehead atoms. The number of halogens is 4. The first-order valence-electron chi connectivity index (χ1n) is 6.78. The number of carbonyl (C=O) groups excluding carboxylic acids is 1. The summed E-state index contributed by atoms with van der Waals surface area (Å²) in [6, 6.07) is 10.6. The Morgan fingerprint density at radius 3 is 2.57 bits per heavy atom. The van der Waals surface area contributed by atoms with Crippen LogP contribution in [0.1, 0.15) is 21.5 Å². The van der Waals surface area contributed by atoms with E-state index in [-0.39, 0.29) is 17.1 Å². The fourth-order valence-corrected chi connectivity index (χ4v) is 2.74. The van der Waals surface area contributed by atoms with Crippen LogP contribution in [0, 0.1) is 0 Å². The molecule has 3 aromatic rings. The molecule has 6 heteroatoms. The summed E-state index contributed by atoms with van der Waals surface area (Å²) in [5.41, 5.74) is 0.687. The zero-order valence-electron chi connectivity index (χ0n) is 11.8. The summed E-state index contributed by atoms with van der Waals surface area (Å²) in [5.74, 6) is 0. The van der Waals surface area contributed by atoms with Crippen molar-refractivity contribution in [1.82, 2.24) is 4.57 Å². The van der Waals surface area contributed by atoms with Crippen molar-refractivity contribution in [3.05, 3.63) is 70.4 Å². The lowest BCUT2D eigenvalue weighted by molar-refractivity contribution is -0.138. The van der Waals surface area contributed by atoms with E-state index < -0.39 is 11.7 Å². The number of rotatable bonds is 3. The predicted octanol–water partition coefficient (Wildman–Crippen LogP) is 5.17. The summed E-state index contributed by atoms with van der Waals surface area (Å²) in [6.45, 7) is 0.0654. The minimum atomic E-state index is -4.46. The van der Waals surface area contributed by atoms with Gasteiger partial charge in [0, 0.05) is 34.2 Å². The molecule has 0 spiro atoms. The highest BCUT2D eigenvalue weighted by atomic mass is 35.5. The largest absolute Gasteiger partial charge is 0.416 e. The van der Waals surface area contributed by atoms with Crippen molar-refractivity contribution in [2.24, 2.45) is 0 Å². The van der Waals surface area contributed by atoms with Gasteiger partial charge in [-0.25, -0.2) is 0 Å². The lowest BCUT2D eigenvalue weighted by Gasteiger charge is -2.14. The number of hydrogen-bond acceptors (Lipinski definition) is 1. The van der Waals surface area contributed by atoms with E-state index in [1.165, 1.54) is 12.1 Å². The third-order valence-electron chi connectivity index (χ3n) is 3.65. The Bertz CT molecular complexity index is 883. The number of alkyl halides is 3. The molecule has 0 atom stereocenters. The Morgan fingerprint density at radius 1 is 1.09 bits per heavy atom. The summed E-state index contributed by atoms with van der Waals surface area (Å²) in [5, 5.41) is 0.853. The van der Waals surface area contributed by atoms with Gasteiger partial charge in [-0.2, -0.15) is 13.2 Å². The lowest BCUT2D eigenvalue weighted by Crippen LogP contribution is -2.11. The van der Waals surface area contributed by atoms with Crippen LogP contribution in [0.2, 0.25) is 5.02 Å². The van der Waals surface area contributed by atoms with Gasteiger partial charge >= 0.3 is 6.18 Å². The maximum atomic E-state index is 13.2. The number of benzene rings is 2. The third-order valence-corrected chi connectivity index (χ3v) is 3.88. The van der Waals surface area contributed by atoms with Crippen LogP contribution in [0.5, 0.6) is 0 Å². The Kier molecular flexibility index (Phi) is 3.90. The van der Waals surface area contributed by atoms with Crippen molar-refractivity contribution in [3.8, 4) is 0 Å². The first-order valence-corrected chi connectivity index (χ1v) is 7.16. The summed E-state index contributed by atoms with van der Waals surface area (Å²) in [6.07, 6.45) is -2.03. The minimum Gasteiger partial charge on any atom is -0.343 e. The molecule has 0 unspecified atom stereocenters. The number of fused-ring (bicyclic) bond motifs is 1. The van der Waals surface area contributed by atoms with Crippen LogP contribution in [0.15, 0.2) is 48.7 Å². The number of carbonyl (C=O) groups is 1. The molecule has 0 aliphatic heterocycles. The van der Waals surface area contributed by atoms with Gasteiger partial charge in [0.1, 0.15) is 6.29 Å². The molecule has 2 aromatic carbocycles. The normalized spacial score (nSPS) is 11.8. The zero-order chi connectivity index (χ0) is 16.6. The average molecular weight is 338 g/mol. The molecule has 0 fully saturated rings. The highest BCUT2D eigenvalue weighted by Gasteiger charge is 2.33. The van der Waals surface area contributed by atoms with Gasteiger partial charge < -0.3 is 4.57 Å². The molecule has 0 saturated heterocycles. The predicted molar refractivity (Wildman–Crippen MR) is 82.9 cm³/mol. The standard InChI is InChI=1S/C17H11ClF3NO/c18-14-3-2-13(15(8-14)17(19,20)21)9-22-6-5-12-7-11(10-23)1-4-16(12)22/h1-8,10H,9H2. The van der Waals surface area contributed by atoms with Crippen LogP contribution in [0.3, 0.4) is 0 Å². The van der Waals surface area contributed by atoms with Crippen LogP contribution in [0.25, 0.3) is 10.9 Å². The lowest BCUT2D eigenvalue weighted by atomic mass is 10.1. The quantitative estimate of drug-likeness (QED) is 0.604. The van der Waals surface area contributed by atoms with Gasteiger partial charge in [-0.05, 0) is 42.0 Å². The first-order chi connectivity index (χ1) is 10.9. The molecule has 2 nitrogen and oxygen atoms in total. The number of hydrogen-bond donors (Lipinski definition) is 0. The van der Waals surface area contributed by atoms with E-state index in [0.29, 0.717) is 5.56 Å². The fourth-order valence-electron chi connectivity index (χ4n) is 2.56. The van der Waals surface area contributed by atoms with Gasteiger partial charge in [0.25, 0.3) is 0 Å². The zero-order valence-corrected chi connectivity index (χ0v) is 12.5. The molecule has 3 rings (SSSR count). The maximum Gasteiger partial charge on any atom is 0.416 e. The smallest absolute Gasteiger partial charge is 0.343 e. The van der Waals surface area contributed by atoms with Crippen molar-refractivity contribution in [1.29, 1.82) is 0 Å². The van der Waals surface area contributed by atoms with Crippen LogP contribution in [-0.4, -0.2) is 10.9 Å². The van der Waals surface area contributed by atoms with Crippen molar-refractivity contribution in [2.45, 2.75) is 12.7 Å². The molecule has 1 heterocycles. The van der Waals surface area contributed by atoms with Gasteiger partial charge in [-0.1, -0.05) is 17.7 Å².